The average molecular weight is 400 g/mol. The van der Waals surface area contributed by atoms with E-state index >= 15 is 0 Å². The first-order valence-corrected chi connectivity index (χ1v) is 9.53. The Kier molecular flexibility index (Phi) is 6.26. The molecule has 0 radical (unpaired) electrons. The van der Waals surface area contributed by atoms with E-state index in [9.17, 15) is 4.79 Å². The Morgan fingerprint density at radius 2 is 1.96 bits per heavy atom. The smallest absolute Gasteiger partial charge is 0.233 e. The van der Waals surface area contributed by atoms with Crippen molar-refractivity contribution in [3.8, 4) is 17.1 Å². The van der Waals surface area contributed by atoms with Gasteiger partial charge in [0.15, 0.2) is 11.0 Å². The maximum Gasteiger partial charge on any atom is 0.233 e. The first-order chi connectivity index (χ1) is 13.1. The summed E-state index contributed by atoms with van der Waals surface area (Å²) in [7, 11) is 0. The predicted octanol–water partition coefficient (Wildman–Crippen LogP) is 3.77. The summed E-state index contributed by atoms with van der Waals surface area (Å²) < 4.78 is 1.91. The third-order valence-corrected chi connectivity index (χ3v) is 5.02. The van der Waals surface area contributed by atoms with Crippen molar-refractivity contribution in [2.45, 2.75) is 17.3 Å². The standard InChI is InChI=1S/C19H18ClN5OS/c1-3-10-22-18(26)13(2)27-19-24-23-17(14-8-11-21-12-9-14)25(19)16-6-4-15(20)5-7-16/h3-9,11-13H,1,10H2,2H3,(H,22,26)/t13-/m1/s1. The highest BCUT2D eigenvalue weighted by Gasteiger charge is 2.21. The van der Waals surface area contributed by atoms with Crippen LogP contribution >= 0.6 is 23.4 Å². The molecular weight excluding hydrogens is 382 g/mol. The molecule has 6 nitrogen and oxygen atoms in total. The van der Waals surface area contributed by atoms with Gasteiger partial charge in [-0.2, -0.15) is 0 Å². The number of nitrogens with one attached hydrogen (secondary N) is 1. The summed E-state index contributed by atoms with van der Waals surface area (Å²) in [5.74, 6) is 0.580. The molecule has 0 saturated carbocycles. The minimum Gasteiger partial charge on any atom is -0.352 e. The van der Waals surface area contributed by atoms with Crippen molar-refractivity contribution in [1.82, 2.24) is 25.1 Å². The Labute approximate surface area is 166 Å². The first-order valence-electron chi connectivity index (χ1n) is 8.27. The lowest BCUT2D eigenvalue weighted by atomic mass is 10.2. The summed E-state index contributed by atoms with van der Waals surface area (Å²) in [6.45, 7) is 5.87. The average Bonchev–Trinajstić information content (AvgIpc) is 3.10. The molecule has 1 N–H and O–H groups in total. The SMILES string of the molecule is C=CCNC(=O)[C@@H](C)Sc1nnc(-c2ccncc2)n1-c1ccc(Cl)cc1. The predicted molar refractivity (Wildman–Crippen MR) is 108 cm³/mol. The van der Waals surface area contributed by atoms with Crippen LogP contribution in [0.4, 0.5) is 0 Å². The zero-order valence-electron chi connectivity index (χ0n) is 14.7. The Morgan fingerprint density at radius 3 is 2.63 bits per heavy atom. The maximum absolute atomic E-state index is 12.2. The third-order valence-electron chi connectivity index (χ3n) is 3.73. The topological polar surface area (TPSA) is 72.7 Å². The van der Waals surface area contributed by atoms with Gasteiger partial charge in [0.05, 0.1) is 5.25 Å². The Hall–Kier alpha value is -2.64. The zero-order valence-corrected chi connectivity index (χ0v) is 16.2. The fourth-order valence-corrected chi connectivity index (χ4v) is 3.40. The number of amides is 1. The van der Waals surface area contributed by atoms with Gasteiger partial charge in [-0.3, -0.25) is 14.3 Å². The largest absolute Gasteiger partial charge is 0.352 e. The molecular formula is C19H18ClN5OS. The number of halogens is 1. The molecule has 0 spiro atoms. The molecule has 0 aliphatic heterocycles. The van der Waals surface area contributed by atoms with Crippen LogP contribution in [0, 0.1) is 0 Å². The van der Waals surface area contributed by atoms with Crippen LogP contribution in [-0.4, -0.2) is 37.5 Å². The molecule has 0 unspecified atom stereocenters. The highest BCUT2D eigenvalue weighted by Crippen LogP contribution is 2.30. The van der Waals surface area contributed by atoms with Gasteiger partial charge in [0.25, 0.3) is 0 Å². The van der Waals surface area contributed by atoms with E-state index in [2.05, 4.69) is 27.1 Å². The molecule has 0 aliphatic carbocycles. The van der Waals surface area contributed by atoms with Gasteiger partial charge in [0.2, 0.25) is 5.91 Å². The van der Waals surface area contributed by atoms with E-state index < -0.39 is 0 Å². The molecule has 1 aromatic carbocycles. The number of hydrogen-bond acceptors (Lipinski definition) is 5. The number of carbonyl (C=O) groups is 1. The molecule has 3 aromatic rings. The van der Waals surface area contributed by atoms with Crippen LogP contribution in [0.2, 0.25) is 5.02 Å². The van der Waals surface area contributed by atoms with Crippen LogP contribution in [0.15, 0.2) is 66.6 Å². The number of thioether (sulfide) groups is 1. The van der Waals surface area contributed by atoms with Crippen LogP contribution in [0.5, 0.6) is 0 Å². The summed E-state index contributed by atoms with van der Waals surface area (Å²) >= 11 is 7.37. The highest BCUT2D eigenvalue weighted by molar-refractivity contribution is 8.00. The van der Waals surface area contributed by atoms with Crippen molar-refractivity contribution in [2.24, 2.45) is 0 Å². The minimum atomic E-state index is -0.342. The van der Waals surface area contributed by atoms with Crippen molar-refractivity contribution < 1.29 is 4.79 Å². The third kappa shape index (κ3) is 4.56. The van der Waals surface area contributed by atoms with Gasteiger partial charge in [-0.1, -0.05) is 29.4 Å². The van der Waals surface area contributed by atoms with Gasteiger partial charge in [0, 0.05) is 35.2 Å². The highest BCUT2D eigenvalue weighted by atomic mass is 35.5. The molecule has 1 amide bonds. The summed E-state index contributed by atoms with van der Waals surface area (Å²) in [5.41, 5.74) is 1.74. The van der Waals surface area contributed by atoms with Crippen molar-refractivity contribution in [3.63, 3.8) is 0 Å². The van der Waals surface area contributed by atoms with Crippen LogP contribution in [0.3, 0.4) is 0 Å². The maximum atomic E-state index is 12.2. The Balaban J connectivity index is 1.99. The molecule has 0 aliphatic rings. The summed E-state index contributed by atoms with van der Waals surface area (Å²) in [6.07, 6.45) is 5.05. The quantitative estimate of drug-likeness (QED) is 0.483. The lowest BCUT2D eigenvalue weighted by molar-refractivity contribution is -0.120. The van der Waals surface area contributed by atoms with Crippen LogP contribution in [-0.2, 0) is 4.79 Å². The molecule has 0 saturated heterocycles. The second-order valence-electron chi connectivity index (χ2n) is 5.65. The normalized spacial score (nSPS) is 11.8. The van der Waals surface area contributed by atoms with Gasteiger partial charge in [-0.05, 0) is 43.3 Å². The van der Waals surface area contributed by atoms with Gasteiger partial charge in [0.1, 0.15) is 0 Å². The van der Waals surface area contributed by atoms with E-state index in [0.29, 0.717) is 22.5 Å². The van der Waals surface area contributed by atoms with E-state index in [-0.39, 0.29) is 11.2 Å². The molecule has 3 rings (SSSR count). The van der Waals surface area contributed by atoms with Crippen molar-refractivity contribution in [2.75, 3.05) is 6.54 Å². The van der Waals surface area contributed by atoms with Crippen molar-refractivity contribution >= 4 is 29.3 Å². The minimum absolute atomic E-state index is 0.0870. The van der Waals surface area contributed by atoms with Crippen molar-refractivity contribution in [1.29, 1.82) is 0 Å². The first kappa shape index (κ1) is 19.1. The van der Waals surface area contributed by atoms with Gasteiger partial charge >= 0.3 is 0 Å². The number of carbonyl (C=O) groups excluding carboxylic acids is 1. The molecule has 138 valence electrons. The second-order valence-corrected chi connectivity index (χ2v) is 7.39. The molecule has 27 heavy (non-hydrogen) atoms. The zero-order chi connectivity index (χ0) is 19.2. The molecule has 8 heteroatoms. The summed E-state index contributed by atoms with van der Waals surface area (Å²) in [6, 6.07) is 11.1. The van der Waals surface area contributed by atoms with Crippen LogP contribution in [0.25, 0.3) is 17.1 Å². The van der Waals surface area contributed by atoms with Gasteiger partial charge < -0.3 is 5.32 Å². The number of benzene rings is 1. The van der Waals surface area contributed by atoms with E-state index in [1.165, 1.54) is 11.8 Å². The van der Waals surface area contributed by atoms with E-state index in [1.54, 1.807) is 18.5 Å². The molecule has 2 aromatic heterocycles. The van der Waals surface area contributed by atoms with Crippen molar-refractivity contribution in [3.05, 3.63) is 66.5 Å². The lowest BCUT2D eigenvalue weighted by Crippen LogP contribution is -2.31. The van der Waals surface area contributed by atoms with Crippen LogP contribution < -0.4 is 5.32 Å². The van der Waals surface area contributed by atoms with E-state index in [1.807, 2.05) is 47.9 Å². The molecule has 0 fully saturated rings. The molecule has 0 bridgehead atoms. The Bertz CT molecular complexity index is 927. The fourth-order valence-electron chi connectivity index (χ4n) is 2.39. The molecule has 1 atom stereocenters. The number of rotatable bonds is 7. The molecule has 2 heterocycles. The van der Waals surface area contributed by atoms with Gasteiger partial charge in [-0.25, -0.2) is 0 Å². The lowest BCUT2D eigenvalue weighted by Gasteiger charge is -2.13. The Morgan fingerprint density at radius 1 is 1.26 bits per heavy atom. The summed E-state index contributed by atoms with van der Waals surface area (Å²) in [5, 5.41) is 12.4. The van der Waals surface area contributed by atoms with Gasteiger partial charge in [-0.15, -0.1) is 16.8 Å². The van der Waals surface area contributed by atoms with E-state index in [4.69, 9.17) is 11.6 Å². The monoisotopic (exact) mass is 399 g/mol. The number of hydrogen-bond donors (Lipinski definition) is 1. The van der Waals surface area contributed by atoms with Crippen LogP contribution in [0.1, 0.15) is 6.92 Å². The fraction of sp³-hybridized carbons (Fsp3) is 0.158. The summed E-state index contributed by atoms with van der Waals surface area (Å²) in [4.78, 5) is 16.3. The number of nitrogens with zero attached hydrogens (tertiary/aromatic N) is 4. The van der Waals surface area contributed by atoms with E-state index in [0.717, 1.165) is 11.3 Å². The second kappa shape index (κ2) is 8.83. The number of aromatic nitrogens is 4. The number of pyridine rings is 1.